The summed E-state index contributed by atoms with van der Waals surface area (Å²) in [7, 11) is 0. The molecule has 0 aliphatic heterocycles. The van der Waals surface area contributed by atoms with Crippen LogP contribution in [0.4, 0.5) is 14.5 Å². The summed E-state index contributed by atoms with van der Waals surface area (Å²) in [5.41, 5.74) is 4.08. The Morgan fingerprint density at radius 3 is 2.64 bits per heavy atom. The number of anilines is 1. The molecule has 0 unspecified atom stereocenters. The minimum Gasteiger partial charge on any atom is -0.398 e. The Balaban J connectivity index is 3.44. The van der Waals surface area contributed by atoms with E-state index in [0.29, 0.717) is 0 Å². The molecule has 0 saturated heterocycles. The third-order valence-electron chi connectivity index (χ3n) is 1.45. The summed E-state index contributed by atoms with van der Waals surface area (Å²) in [5, 5.41) is -1.04. The molecule has 0 atom stereocenters. The van der Waals surface area contributed by atoms with E-state index in [1.807, 2.05) is 0 Å². The Morgan fingerprint density at radius 1 is 1.64 bits per heavy atom. The fourth-order valence-corrected chi connectivity index (χ4v) is 1.57. The molecule has 14 heavy (non-hydrogen) atoms. The summed E-state index contributed by atoms with van der Waals surface area (Å²) in [6.45, 7) is 0. The van der Waals surface area contributed by atoms with Gasteiger partial charge >= 0.3 is 0 Å². The molecule has 0 bridgehead atoms. The smallest absolute Gasteiger partial charge is 0.281 e. The maximum absolute atomic E-state index is 12.4. The Labute approximate surface area is 91.4 Å². The second-order valence-electron chi connectivity index (χ2n) is 2.37. The number of hydrogen-bond donors (Lipinski definition) is 1. The van der Waals surface area contributed by atoms with Gasteiger partial charge in [0, 0.05) is 5.69 Å². The van der Waals surface area contributed by atoms with Crippen molar-refractivity contribution in [2.24, 2.45) is 0 Å². The van der Waals surface area contributed by atoms with Gasteiger partial charge in [0.25, 0.3) is 11.7 Å². The average molecular weight is 285 g/mol. The van der Waals surface area contributed by atoms with Gasteiger partial charge in [-0.05, 0) is 33.6 Å². The number of aromatic nitrogens is 1. The lowest BCUT2D eigenvalue weighted by molar-refractivity contribution is 0.106. The van der Waals surface area contributed by atoms with Gasteiger partial charge in [-0.3, -0.25) is 4.79 Å². The summed E-state index contributed by atoms with van der Waals surface area (Å²) < 4.78 is 24.9. The van der Waals surface area contributed by atoms with Gasteiger partial charge in [0.2, 0.25) is 0 Å². The molecule has 1 heterocycles. The van der Waals surface area contributed by atoms with Crippen molar-refractivity contribution in [3.63, 3.8) is 0 Å². The average Bonchev–Trinajstić information content (AvgIpc) is 2.01. The van der Waals surface area contributed by atoms with Crippen molar-refractivity contribution in [1.29, 1.82) is 0 Å². The van der Waals surface area contributed by atoms with Crippen LogP contribution in [0.1, 0.15) is 22.5 Å². The van der Waals surface area contributed by atoms with Gasteiger partial charge in [-0.2, -0.15) is 0 Å². The topological polar surface area (TPSA) is 56.0 Å². The first kappa shape index (κ1) is 11.3. The maximum atomic E-state index is 12.4. The third kappa shape index (κ3) is 2.19. The van der Waals surface area contributed by atoms with Crippen LogP contribution in [-0.4, -0.2) is 10.2 Å². The van der Waals surface area contributed by atoms with Gasteiger partial charge in [-0.15, -0.1) is 0 Å². The van der Waals surface area contributed by atoms with Crippen molar-refractivity contribution in [1.82, 2.24) is 4.98 Å². The number of halogens is 4. The largest absolute Gasteiger partial charge is 0.398 e. The predicted molar refractivity (Wildman–Crippen MR) is 51.5 cm³/mol. The highest BCUT2D eigenvalue weighted by atomic mass is 79.9. The number of rotatable bonds is 2. The van der Waals surface area contributed by atoms with E-state index in [1.165, 1.54) is 6.07 Å². The number of pyridine rings is 1. The van der Waals surface area contributed by atoms with Gasteiger partial charge in [0.1, 0.15) is 10.3 Å². The standard InChI is InChI=1S/C7H4BrClF2N2O/c8-3-1-2(12)4(6(9)14)5(13-3)7(10)11/h1,7H,(H2,12,13). The van der Waals surface area contributed by atoms with Gasteiger partial charge in [0.15, 0.2) is 0 Å². The normalized spacial score (nSPS) is 10.6. The van der Waals surface area contributed by atoms with E-state index in [1.54, 1.807) is 0 Å². The van der Waals surface area contributed by atoms with Gasteiger partial charge in [-0.1, -0.05) is 0 Å². The summed E-state index contributed by atoms with van der Waals surface area (Å²) in [6, 6.07) is 1.24. The molecule has 0 radical (unpaired) electrons. The van der Waals surface area contributed by atoms with Crippen LogP contribution in [0.3, 0.4) is 0 Å². The van der Waals surface area contributed by atoms with Crippen LogP contribution in [-0.2, 0) is 0 Å². The first-order valence-electron chi connectivity index (χ1n) is 3.37. The molecule has 76 valence electrons. The Morgan fingerprint density at radius 2 is 2.21 bits per heavy atom. The number of nitrogen functional groups attached to an aromatic ring is 1. The van der Waals surface area contributed by atoms with Crippen LogP contribution in [0.25, 0.3) is 0 Å². The quantitative estimate of drug-likeness (QED) is 0.671. The van der Waals surface area contributed by atoms with Gasteiger partial charge in [0.05, 0.1) is 5.56 Å². The van der Waals surface area contributed by atoms with Crippen molar-refractivity contribution in [3.8, 4) is 0 Å². The Hall–Kier alpha value is -0.750. The summed E-state index contributed by atoms with van der Waals surface area (Å²) in [6.07, 6.45) is -2.90. The van der Waals surface area contributed by atoms with Crippen LogP contribution in [0.15, 0.2) is 10.7 Å². The lowest BCUT2D eigenvalue weighted by atomic mass is 10.2. The van der Waals surface area contributed by atoms with Crippen molar-refractivity contribution in [3.05, 3.63) is 21.9 Å². The number of hydrogen-bond acceptors (Lipinski definition) is 3. The zero-order chi connectivity index (χ0) is 10.9. The van der Waals surface area contributed by atoms with Gasteiger partial charge in [-0.25, -0.2) is 13.8 Å². The Bertz CT molecular complexity index is 386. The van der Waals surface area contributed by atoms with E-state index >= 15 is 0 Å². The first-order valence-corrected chi connectivity index (χ1v) is 4.54. The summed E-state index contributed by atoms with van der Waals surface area (Å²) in [4.78, 5) is 14.2. The molecule has 3 nitrogen and oxygen atoms in total. The monoisotopic (exact) mass is 284 g/mol. The molecule has 1 rings (SSSR count). The van der Waals surface area contributed by atoms with E-state index in [-0.39, 0.29) is 10.3 Å². The number of carbonyl (C=O) groups is 1. The summed E-state index contributed by atoms with van der Waals surface area (Å²) in [5.74, 6) is 0. The van der Waals surface area contributed by atoms with Crippen molar-refractivity contribution in [2.75, 3.05) is 5.73 Å². The lowest BCUT2D eigenvalue weighted by Gasteiger charge is -2.07. The van der Waals surface area contributed by atoms with Crippen molar-refractivity contribution < 1.29 is 13.6 Å². The highest BCUT2D eigenvalue weighted by Gasteiger charge is 2.22. The fraction of sp³-hybridized carbons (Fsp3) is 0.143. The van der Waals surface area contributed by atoms with Crippen molar-refractivity contribution in [2.45, 2.75) is 6.43 Å². The first-order chi connectivity index (χ1) is 6.43. The van der Waals surface area contributed by atoms with Crippen molar-refractivity contribution >= 4 is 38.5 Å². The molecular formula is C7H4BrClF2N2O. The fourth-order valence-electron chi connectivity index (χ4n) is 0.924. The van der Waals surface area contributed by atoms with Gasteiger partial charge < -0.3 is 5.73 Å². The highest BCUT2D eigenvalue weighted by molar-refractivity contribution is 9.10. The molecule has 1 aromatic rings. The van der Waals surface area contributed by atoms with E-state index in [4.69, 9.17) is 17.3 Å². The van der Waals surface area contributed by atoms with Crippen LogP contribution in [0.2, 0.25) is 0 Å². The van der Waals surface area contributed by atoms with E-state index in [0.717, 1.165) is 0 Å². The number of carbonyl (C=O) groups excluding carboxylic acids is 1. The van der Waals surface area contributed by atoms with E-state index in [2.05, 4.69) is 20.9 Å². The second kappa shape index (κ2) is 4.18. The number of nitrogens with zero attached hydrogens (tertiary/aromatic N) is 1. The predicted octanol–water partition coefficient (Wildman–Crippen LogP) is 2.74. The summed E-state index contributed by atoms with van der Waals surface area (Å²) >= 11 is 7.99. The molecule has 0 aliphatic rings. The Kier molecular flexibility index (Phi) is 3.38. The molecule has 0 saturated carbocycles. The molecule has 0 spiro atoms. The van der Waals surface area contributed by atoms with E-state index < -0.39 is 22.9 Å². The van der Waals surface area contributed by atoms with Crippen LogP contribution in [0, 0.1) is 0 Å². The van der Waals surface area contributed by atoms with Crippen LogP contribution >= 0.6 is 27.5 Å². The molecule has 0 amide bonds. The molecule has 0 aliphatic carbocycles. The SMILES string of the molecule is Nc1cc(Br)nc(C(F)F)c1C(=O)Cl. The molecule has 0 fully saturated rings. The second-order valence-corrected chi connectivity index (χ2v) is 3.52. The third-order valence-corrected chi connectivity index (χ3v) is 2.05. The molecule has 1 aromatic heterocycles. The molecule has 2 N–H and O–H groups in total. The molecule has 7 heteroatoms. The number of alkyl halides is 2. The lowest BCUT2D eigenvalue weighted by Crippen LogP contribution is -2.06. The highest BCUT2D eigenvalue weighted by Crippen LogP contribution is 2.28. The van der Waals surface area contributed by atoms with E-state index in [9.17, 15) is 13.6 Å². The van der Waals surface area contributed by atoms with Crippen LogP contribution in [0.5, 0.6) is 0 Å². The zero-order valence-electron chi connectivity index (χ0n) is 6.60. The maximum Gasteiger partial charge on any atom is 0.281 e. The molecular weight excluding hydrogens is 281 g/mol. The zero-order valence-corrected chi connectivity index (χ0v) is 8.94. The minimum absolute atomic E-state index is 0.123. The molecule has 0 aromatic carbocycles. The number of nitrogens with two attached hydrogens (primary N) is 1. The minimum atomic E-state index is -2.90. The van der Waals surface area contributed by atoms with Crippen LogP contribution < -0.4 is 5.73 Å².